The number of hydrogen-bond acceptors (Lipinski definition) is 4. The minimum Gasteiger partial charge on any atom is -0.478 e. The molecule has 2 aliphatic rings. The van der Waals surface area contributed by atoms with E-state index in [-0.39, 0.29) is 0 Å². The average molecular weight is 318 g/mol. The van der Waals surface area contributed by atoms with Gasteiger partial charge in [0.2, 0.25) is 0 Å². The second-order valence-corrected chi connectivity index (χ2v) is 5.65. The molecule has 0 amide bonds. The Morgan fingerprint density at radius 2 is 1.78 bits per heavy atom. The van der Waals surface area contributed by atoms with Crippen molar-refractivity contribution in [2.75, 3.05) is 19.6 Å². The number of hydrogen-bond donors (Lipinski definition) is 3. The first-order valence-electron chi connectivity index (χ1n) is 7.71. The molecule has 23 heavy (non-hydrogen) atoms. The topological polar surface area (TPSA) is 89.9 Å². The molecule has 0 bridgehead atoms. The van der Waals surface area contributed by atoms with Crippen LogP contribution in [0.25, 0.3) is 0 Å². The molecule has 2 aliphatic heterocycles. The highest BCUT2D eigenvalue weighted by Gasteiger charge is 2.25. The maximum absolute atomic E-state index is 9.55. The van der Waals surface area contributed by atoms with Crippen LogP contribution in [-0.4, -0.2) is 52.7 Å². The first-order chi connectivity index (χ1) is 11.1. The highest BCUT2D eigenvalue weighted by molar-refractivity contribution is 5.89. The van der Waals surface area contributed by atoms with E-state index in [1.807, 2.05) is 0 Å². The Bertz CT molecular complexity index is 570. The number of fused-ring (bicyclic) bond motifs is 2. The number of piperazine rings is 1. The Morgan fingerprint density at radius 3 is 2.43 bits per heavy atom. The Hall–Kier alpha value is -2.18. The maximum atomic E-state index is 9.55. The first kappa shape index (κ1) is 17.2. The number of carbonyl (C=O) groups is 2. The summed E-state index contributed by atoms with van der Waals surface area (Å²) < 4.78 is 0. The number of rotatable bonds is 2. The van der Waals surface area contributed by atoms with Gasteiger partial charge >= 0.3 is 11.9 Å². The van der Waals surface area contributed by atoms with Crippen molar-refractivity contribution >= 4 is 11.9 Å². The van der Waals surface area contributed by atoms with Crippen LogP contribution in [0.1, 0.15) is 17.5 Å². The Balaban J connectivity index is 0.000000207. The normalized spacial score (nSPS) is 20.6. The fraction of sp³-hybridized carbons (Fsp3) is 0.412. The molecule has 1 aromatic rings. The molecule has 3 N–H and O–H groups in total. The summed E-state index contributed by atoms with van der Waals surface area (Å²) in [5, 5.41) is 19.1. The van der Waals surface area contributed by atoms with Gasteiger partial charge in [-0.1, -0.05) is 24.3 Å². The number of nitrogens with zero attached hydrogens (tertiary/aromatic N) is 1. The van der Waals surface area contributed by atoms with Gasteiger partial charge in [-0.25, -0.2) is 9.59 Å². The van der Waals surface area contributed by atoms with E-state index in [0.717, 1.165) is 19.1 Å². The summed E-state index contributed by atoms with van der Waals surface area (Å²) in [6, 6.07) is 9.68. The van der Waals surface area contributed by atoms with E-state index in [9.17, 15) is 9.59 Å². The van der Waals surface area contributed by atoms with E-state index < -0.39 is 11.9 Å². The highest BCUT2D eigenvalue weighted by Crippen LogP contribution is 2.22. The molecule has 6 nitrogen and oxygen atoms in total. The molecule has 2 heterocycles. The second-order valence-electron chi connectivity index (χ2n) is 5.65. The van der Waals surface area contributed by atoms with E-state index in [4.69, 9.17) is 10.2 Å². The first-order valence-corrected chi connectivity index (χ1v) is 7.71. The van der Waals surface area contributed by atoms with Crippen molar-refractivity contribution < 1.29 is 19.8 Å². The van der Waals surface area contributed by atoms with Crippen molar-refractivity contribution in [3.05, 3.63) is 47.5 Å². The van der Waals surface area contributed by atoms with E-state index in [1.165, 1.54) is 25.9 Å². The lowest BCUT2D eigenvalue weighted by atomic mass is 10.0. The van der Waals surface area contributed by atoms with Crippen molar-refractivity contribution in [3.63, 3.8) is 0 Å². The smallest absolute Gasteiger partial charge is 0.328 e. The van der Waals surface area contributed by atoms with Gasteiger partial charge in [0.25, 0.3) is 0 Å². The highest BCUT2D eigenvalue weighted by atomic mass is 16.4. The Kier molecular flexibility index (Phi) is 6.31. The van der Waals surface area contributed by atoms with E-state index >= 15 is 0 Å². The molecule has 1 saturated heterocycles. The molecule has 1 fully saturated rings. The third-order valence-corrected chi connectivity index (χ3v) is 4.08. The lowest BCUT2D eigenvalue weighted by Gasteiger charge is -2.34. The number of aliphatic carboxylic acids is 2. The summed E-state index contributed by atoms with van der Waals surface area (Å²) in [4.78, 5) is 21.7. The van der Waals surface area contributed by atoms with Gasteiger partial charge in [-0.05, 0) is 24.0 Å². The predicted molar refractivity (Wildman–Crippen MR) is 86.2 cm³/mol. The number of carboxylic acid groups (broad SMARTS) is 2. The minimum atomic E-state index is -1.26. The quantitative estimate of drug-likeness (QED) is 0.708. The third kappa shape index (κ3) is 5.50. The van der Waals surface area contributed by atoms with Crippen LogP contribution in [0.3, 0.4) is 0 Å². The lowest BCUT2D eigenvalue weighted by molar-refractivity contribution is -0.134. The fourth-order valence-electron chi connectivity index (χ4n) is 2.93. The summed E-state index contributed by atoms with van der Waals surface area (Å²) in [6.45, 7) is 4.69. The monoisotopic (exact) mass is 318 g/mol. The van der Waals surface area contributed by atoms with E-state index in [2.05, 4.69) is 34.5 Å². The third-order valence-electron chi connectivity index (χ3n) is 4.08. The summed E-state index contributed by atoms with van der Waals surface area (Å²) in [5.41, 5.74) is 3.11. The lowest BCUT2D eigenvalue weighted by Crippen LogP contribution is -2.50. The summed E-state index contributed by atoms with van der Waals surface area (Å²) in [6.07, 6.45) is 3.67. The van der Waals surface area contributed by atoms with Crippen molar-refractivity contribution in [1.82, 2.24) is 10.2 Å². The number of nitrogens with one attached hydrogen (secondary N) is 1. The van der Waals surface area contributed by atoms with Crippen LogP contribution < -0.4 is 5.32 Å². The van der Waals surface area contributed by atoms with Crippen molar-refractivity contribution in [3.8, 4) is 0 Å². The van der Waals surface area contributed by atoms with Gasteiger partial charge < -0.3 is 15.5 Å². The molecular weight excluding hydrogens is 296 g/mol. The number of carboxylic acids is 2. The van der Waals surface area contributed by atoms with E-state index in [0.29, 0.717) is 12.2 Å². The predicted octanol–water partition coefficient (Wildman–Crippen LogP) is 1.12. The van der Waals surface area contributed by atoms with Crippen LogP contribution in [0.5, 0.6) is 0 Å². The molecule has 1 unspecified atom stereocenters. The Morgan fingerprint density at radius 1 is 1.13 bits per heavy atom. The molecule has 0 aliphatic carbocycles. The second kappa shape index (κ2) is 8.45. The van der Waals surface area contributed by atoms with Crippen LogP contribution in [0.4, 0.5) is 0 Å². The molecule has 3 rings (SSSR count). The van der Waals surface area contributed by atoms with Gasteiger partial charge in [-0.15, -0.1) is 0 Å². The van der Waals surface area contributed by atoms with Crippen LogP contribution in [0.2, 0.25) is 0 Å². The molecule has 1 aromatic carbocycles. The minimum absolute atomic E-state index is 0.558. The summed E-state index contributed by atoms with van der Waals surface area (Å²) in [5.74, 6) is -2.51. The van der Waals surface area contributed by atoms with Crippen LogP contribution in [0, 0.1) is 0 Å². The van der Waals surface area contributed by atoms with Crippen molar-refractivity contribution in [2.24, 2.45) is 0 Å². The van der Waals surface area contributed by atoms with Gasteiger partial charge in [0.1, 0.15) is 0 Å². The van der Waals surface area contributed by atoms with Gasteiger partial charge in [0.15, 0.2) is 0 Å². The van der Waals surface area contributed by atoms with Crippen LogP contribution in [0.15, 0.2) is 36.4 Å². The summed E-state index contributed by atoms with van der Waals surface area (Å²) in [7, 11) is 0. The number of benzene rings is 1. The zero-order valence-corrected chi connectivity index (χ0v) is 12.9. The van der Waals surface area contributed by atoms with Crippen LogP contribution >= 0.6 is 0 Å². The molecule has 0 aromatic heterocycles. The average Bonchev–Trinajstić information content (AvgIpc) is 2.72. The van der Waals surface area contributed by atoms with Gasteiger partial charge in [0.05, 0.1) is 0 Å². The zero-order chi connectivity index (χ0) is 16.7. The molecule has 124 valence electrons. The van der Waals surface area contributed by atoms with Gasteiger partial charge in [-0.2, -0.15) is 0 Å². The van der Waals surface area contributed by atoms with Crippen molar-refractivity contribution in [2.45, 2.75) is 25.4 Å². The maximum Gasteiger partial charge on any atom is 0.328 e. The summed E-state index contributed by atoms with van der Waals surface area (Å²) >= 11 is 0. The molecule has 1 atom stereocenters. The molecular formula is C17H22N2O4. The molecule has 0 spiro atoms. The van der Waals surface area contributed by atoms with Gasteiger partial charge in [0, 0.05) is 44.4 Å². The molecule has 6 heteroatoms. The van der Waals surface area contributed by atoms with E-state index in [1.54, 1.807) is 11.1 Å². The fourth-order valence-corrected chi connectivity index (χ4v) is 2.93. The SMILES string of the molecule is O=C(O)/C=C/C(=O)O.c1ccc2c(c1)CCC1CNCCN1C2. The standard InChI is InChI=1S/C13H18N2.C4H4O4/c1-2-4-12-10-15-8-7-14-9-13(15)6-5-11(12)3-1;5-3(6)1-2-4(7)8/h1-4,13-14H,5-10H2;1-2H,(H,5,6)(H,7,8)/b;2-1+. The van der Waals surface area contributed by atoms with Crippen molar-refractivity contribution in [1.29, 1.82) is 0 Å². The molecule has 0 radical (unpaired) electrons. The largest absolute Gasteiger partial charge is 0.478 e. The Labute approximate surface area is 135 Å². The number of aryl methyl sites for hydroxylation is 1. The zero-order valence-electron chi connectivity index (χ0n) is 12.9. The van der Waals surface area contributed by atoms with Gasteiger partial charge in [-0.3, -0.25) is 4.90 Å². The molecule has 0 saturated carbocycles. The van der Waals surface area contributed by atoms with Crippen LogP contribution in [-0.2, 0) is 22.6 Å².